The molecule has 0 aliphatic rings. The van der Waals surface area contributed by atoms with Crippen molar-refractivity contribution in [1.82, 2.24) is 15.8 Å². The second-order valence-corrected chi connectivity index (χ2v) is 5.00. The fourth-order valence-electron chi connectivity index (χ4n) is 1.79. The molecule has 1 rings (SSSR count). The van der Waals surface area contributed by atoms with Crippen molar-refractivity contribution >= 4 is 5.91 Å². The van der Waals surface area contributed by atoms with E-state index >= 15 is 0 Å². The number of carbonyl (C=O) groups excluding carboxylic acids is 1. The number of hydrogen-bond acceptors (Lipinski definition) is 3. The summed E-state index contributed by atoms with van der Waals surface area (Å²) >= 11 is 0. The molecular formula is C15H25N3O. The van der Waals surface area contributed by atoms with Crippen LogP contribution in [0.5, 0.6) is 0 Å². The van der Waals surface area contributed by atoms with Crippen LogP contribution in [-0.2, 0) is 11.3 Å². The van der Waals surface area contributed by atoms with E-state index in [1.54, 1.807) is 0 Å². The van der Waals surface area contributed by atoms with E-state index in [2.05, 4.69) is 29.8 Å². The van der Waals surface area contributed by atoms with E-state index in [1.807, 2.05) is 30.3 Å². The number of nitrogens with zero attached hydrogens (tertiary/aromatic N) is 1. The van der Waals surface area contributed by atoms with E-state index in [0.29, 0.717) is 13.0 Å². The Balaban J connectivity index is 1.99. The number of nitrogens with one attached hydrogen (secondary N) is 2. The van der Waals surface area contributed by atoms with Gasteiger partial charge in [-0.2, -0.15) is 0 Å². The third kappa shape index (κ3) is 8.35. The Kier molecular flexibility index (Phi) is 7.86. The predicted molar refractivity (Wildman–Crippen MR) is 78.4 cm³/mol. The van der Waals surface area contributed by atoms with E-state index < -0.39 is 0 Å². The van der Waals surface area contributed by atoms with Gasteiger partial charge in [-0.1, -0.05) is 36.8 Å². The summed E-state index contributed by atoms with van der Waals surface area (Å²) in [5.74, 6) is 0.0702. The molecule has 0 saturated carbocycles. The van der Waals surface area contributed by atoms with Gasteiger partial charge in [-0.25, -0.2) is 5.43 Å². The van der Waals surface area contributed by atoms with Gasteiger partial charge < -0.3 is 4.90 Å². The first-order valence-electron chi connectivity index (χ1n) is 6.89. The molecule has 19 heavy (non-hydrogen) atoms. The lowest BCUT2D eigenvalue weighted by atomic mass is 10.2. The molecule has 0 saturated heterocycles. The molecule has 2 N–H and O–H groups in total. The molecule has 106 valence electrons. The number of rotatable bonds is 9. The highest BCUT2D eigenvalue weighted by molar-refractivity contribution is 5.75. The van der Waals surface area contributed by atoms with Crippen LogP contribution in [0, 0.1) is 0 Å². The number of unbranched alkanes of at least 4 members (excludes halogenated alkanes) is 2. The zero-order chi connectivity index (χ0) is 13.9. The van der Waals surface area contributed by atoms with Crippen molar-refractivity contribution in [2.45, 2.75) is 32.2 Å². The highest BCUT2D eigenvalue weighted by Crippen LogP contribution is 2.00. The van der Waals surface area contributed by atoms with E-state index in [0.717, 1.165) is 31.4 Å². The smallest absolute Gasteiger partial charge is 0.234 e. The van der Waals surface area contributed by atoms with Crippen LogP contribution >= 0.6 is 0 Å². The predicted octanol–water partition coefficient (Wildman–Crippen LogP) is 1.93. The highest BCUT2D eigenvalue weighted by atomic mass is 16.2. The Labute approximate surface area is 116 Å². The lowest BCUT2D eigenvalue weighted by molar-refractivity contribution is -0.122. The number of amides is 1. The summed E-state index contributed by atoms with van der Waals surface area (Å²) in [6.45, 7) is 1.75. The molecule has 0 heterocycles. The third-order valence-corrected chi connectivity index (χ3v) is 2.87. The minimum Gasteiger partial charge on any atom is -0.309 e. The average Bonchev–Trinajstić information content (AvgIpc) is 2.39. The lowest BCUT2D eigenvalue weighted by Gasteiger charge is -2.09. The van der Waals surface area contributed by atoms with Gasteiger partial charge >= 0.3 is 0 Å². The molecule has 0 aromatic heterocycles. The summed E-state index contributed by atoms with van der Waals surface area (Å²) < 4.78 is 0. The van der Waals surface area contributed by atoms with Gasteiger partial charge in [0, 0.05) is 13.0 Å². The van der Waals surface area contributed by atoms with Crippen molar-refractivity contribution in [2.75, 3.05) is 20.6 Å². The van der Waals surface area contributed by atoms with Gasteiger partial charge in [0.05, 0.1) is 0 Å². The maximum atomic E-state index is 11.5. The summed E-state index contributed by atoms with van der Waals surface area (Å²) in [7, 11) is 4.14. The Morgan fingerprint density at radius 3 is 2.53 bits per heavy atom. The molecule has 4 heteroatoms. The Bertz CT molecular complexity index is 352. The minimum absolute atomic E-state index is 0.0702. The van der Waals surface area contributed by atoms with Crippen LogP contribution in [-0.4, -0.2) is 31.4 Å². The topological polar surface area (TPSA) is 44.4 Å². The van der Waals surface area contributed by atoms with Crippen LogP contribution in [0.3, 0.4) is 0 Å². The largest absolute Gasteiger partial charge is 0.309 e. The van der Waals surface area contributed by atoms with Crippen LogP contribution < -0.4 is 10.9 Å². The van der Waals surface area contributed by atoms with Crippen molar-refractivity contribution in [3.05, 3.63) is 35.9 Å². The quantitative estimate of drug-likeness (QED) is 0.528. The molecule has 0 aliphatic carbocycles. The van der Waals surface area contributed by atoms with Gasteiger partial charge in [0.1, 0.15) is 0 Å². The summed E-state index contributed by atoms with van der Waals surface area (Å²) in [4.78, 5) is 13.7. The van der Waals surface area contributed by atoms with Crippen molar-refractivity contribution in [3.8, 4) is 0 Å². The molecule has 1 aromatic rings. The van der Waals surface area contributed by atoms with E-state index in [4.69, 9.17) is 0 Å². The molecular weight excluding hydrogens is 238 g/mol. The second-order valence-electron chi connectivity index (χ2n) is 5.00. The van der Waals surface area contributed by atoms with Crippen molar-refractivity contribution < 1.29 is 4.79 Å². The van der Waals surface area contributed by atoms with Crippen LogP contribution in [0.2, 0.25) is 0 Å². The monoisotopic (exact) mass is 263 g/mol. The van der Waals surface area contributed by atoms with Crippen LogP contribution in [0.4, 0.5) is 0 Å². The number of hydrazine groups is 1. The van der Waals surface area contributed by atoms with Crippen molar-refractivity contribution in [2.24, 2.45) is 0 Å². The molecule has 0 atom stereocenters. The Morgan fingerprint density at radius 1 is 1.11 bits per heavy atom. The number of hydrogen-bond donors (Lipinski definition) is 2. The van der Waals surface area contributed by atoms with Gasteiger partial charge in [0.15, 0.2) is 0 Å². The van der Waals surface area contributed by atoms with E-state index in [1.165, 1.54) is 0 Å². The van der Waals surface area contributed by atoms with Gasteiger partial charge in [0.2, 0.25) is 5.91 Å². The molecule has 0 radical (unpaired) electrons. The molecule has 4 nitrogen and oxygen atoms in total. The maximum Gasteiger partial charge on any atom is 0.234 e. The fraction of sp³-hybridized carbons (Fsp3) is 0.533. The van der Waals surface area contributed by atoms with Gasteiger partial charge in [-0.3, -0.25) is 10.2 Å². The molecule has 0 aliphatic heterocycles. The van der Waals surface area contributed by atoms with Crippen molar-refractivity contribution in [1.29, 1.82) is 0 Å². The van der Waals surface area contributed by atoms with Gasteiger partial charge in [-0.05, 0) is 39.0 Å². The summed E-state index contributed by atoms with van der Waals surface area (Å²) in [5, 5.41) is 0. The first-order valence-corrected chi connectivity index (χ1v) is 6.89. The van der Waals surface area contributed by atoms with E-state index in [-0.39, 0.29) is 5.91 Å². The summed E-state index contributed by atoms with van der Waals surface area (Å²) in [5.41, 5.74) is 6.85. The molecule has 1 amide bonds. The molecule has 1 aromatic carbocycles. The van der Waals surface area contributed by atoms with Gasteiger partial charge in [-0.15, -0.1) is 0 Å². The SMILES string of the molecule is CN(C)CCCCCC(=O)NNCc1ccccc1. The number of benzene rings is 1. The first-order chi connectivity index (χ1) is 9.18. The normalized spacial score (nSPS) is 10.7. The Hall–Kier alpha value is -1.39. The van der Waals surface area contributed by atoms with E-state index in [9.17, 15) is 4.79 Å². The highest BCUT2D eigenvalue weighted by Gasteiger charge is 2.00. The molecule has 0 spiro atoms. The molecule has 0 unspecified atom stereocenters. The van der Waals surface area contributed by atoms with Crippen molar-refractivity contribution in [3.63, 3.8) is 0 Å². The molecule has 0 bridgehead atoms. The standard InChI is InChI=1S/C15H25N3O/c1-18(2)12-8-4-7-11-15(19)17-16-13-14-9-5-3-6-10-14/h3,5-6,9-10,16H,4,7-8,11-13H2,1-2H3,(H,17,19). The lowest BCUT2D eigenvalue weighted by Crippen LogP contribution is -2.36. The van der Waals surface area contributed by atoms with Crippen LogP contribution in [0.25, 0.3) is 0 Å². The summed E-state index contributed by atoms with van der Waals surface area (Å²) in [6, 6.07) is 10.0. The first kappa shape index (κ1) is 15.7. The van der Waals surface area contributed by atoms with Gasteiger partial charge in [0.25, 0.3) is 0 Å². The van der Waals surface area contributed by atoms with Crippen LogP contribution in [0.15, 0.2) is 30.3 Å². The second kappa shape index (κ2) is 9.53. The Morgan fingerprint density at radius 2 is 1.84 bits per heavy atom. The molecule has 0 fully saturated rings. The zero-order valence-corrected chi connectivity index (χ0v) is 12.0. The number of carbonyl (C=O) groups is 1. The summed E-state index contributed by atoms with van der Waals surface area (Å²) in [6.07, 6.45) is 3.80. The fourth-order valence-corrected chi connectivity index (χ4v) is 1.79. The third-order valence-electron chi connectivity index (χ3n) is 2.87. The minimum atomic E-state index is 0.0702. The zero-order valence-electron chi connectivity index (χ0n) is 12.0. The average molecular weight is 263 g/mol. The van der Waals surface area contributed by atoms with Crippen LogP contribution in [0.1, 0.15) is 31.2 Å². The maximum absolute atomic E-state index is 11.5.